The van der Waals surface area contributed by atoms with Gasteiger partial charge in [0.2, 0.25) is 11.8 Å². The standard InChI is InChI=1S/C31H37Cl2N3O7S/c1-6-17-34-31(38)21(3)35(19-25-26(32)9-8-10-27(25)33)30(37)20-36(22-11-13-23(14-12-22)43-7-2)44(39,40)24-15-16-28(41-4)29(18-24)42-5/h8-16,18,21H,6-7,17,19-20H2,1-5H3,(H,34,38). The van der Waals surface area contributed by atoms with E-state index in [0.29, 0.717) is 46.7 Å². The number of methoxy groups -OCH3 is 2. The second-order valence-electron chi connectivity index (χ2n) is 9.64. The van der Waals surface area contributed by atoms with Gasteiger partial charge in [-0.05, 0) is 68.8 Å². The molecule has 1 atom stereocenters. The van der Waals surface area contributed by atoms with Gasteiger partial charge in [0.15, 0.2) is 11.5 Å². The predicted molar refractivity (Wildman–Crippen MR) is 171 cm³/mol. The zero-order chi connectivity index (χ0) is 32.4. The maximum absolute atomic E-state index is 14.2. The lowest BCUT2D eigenvalue weighted by molar-refractivity contribution is -0.139. The zero-order valence-electron chi connectivity index (χ0n) is 25.3. The largest absolute Gasteiger partial charge is 0.494 e. The summed E-state index contributed by atoms with van der Waals surface area (Å²) in [7, 11) is -1.53. The molecule has 3 aromatic rings. The number of rotatable bonds is 15. The molecule has 0 aromatic heterocycles. The summed E-state index contributed by atoms with van der Waals surface area (Å²) in [5.74, 6) is 0.00617. The molecule has 2 amide bonds. The average molecular weight is 667 g/mol. The molecule has 0 radical (unpaired) electrons. The second kappa shape index (κ2) is 15.9. The summed E-state index contributed by atoms with van der Waals surface area (Å²) >= 11 is 12.9. The number of anilines is 1. The van der Waals surface area contributed by atoms with E-state index in [1.165, 1.54) is 37.3 Å². The van der Waals surface area contributed by atoms with E-state index in [1.54, 1.807) is 49.4 Å². The molecule has 0 aliphatic heterocycles. The summed E-state index contributed by atoms with van der Waals surface area (Å²) in [6.45, 7) is 5.36. The molecule has 3 aromatic carbocycles. The van der Waals surface area contributed by atoms with Crippen LogP contribution in [0.25, 0.3) is 0 Å². The Labute approximate surface area is 268 Å². The van der Waals surface area contributed by atoms with Gasteiger partial charge in [-0.15, -0.1) is 0 Å². The number of amides is 2. The van der Waals surface area contributed by atoms with Gasteiger partial charge in [0, 0.05) is 34.8 Å². The summed E-state index contributed by atoms with van der Waals surface area (Å²) in [6.07, 6.45) is 0.692. The van der Waals surface area contributed by atoms with E-state index in [4.69, 9.17) is 37.4 Å². The van der Waals surface area contributed by atoms with Crippen molar-refractivity contribution in [1.82, 2.24) is 10.2 Å². The topological polar surface area (TPSA) is 114 Å². The van der Waals surface area contributed by atoms with Crippen LogP contribution in [0.1, 0.15) is 32.8 Å². The molecule has 0 heterocycles. The molecule has 0 aliphatic carbocycles. The quantitative estimate of drug-likeness (QED) is 0.226. The van der Waals surface area contributed by atoms with Crippen LogP contribution in [-0.2, 0) is 26.2 Å². The van der Waals surface area contributed by atoms with Crippen LogP contribution < -0.4 is 23.8 Å². The molecule has 0 bridgehead atoms. The van der Waals surface area contributed by atoms with Crippen molar-refractivity contribution in [3.63, 3.8) is 0 Å². The maximum atomic E-state index is 14.2. The van der Waals surface area contributed by atoms with Crippen LogP contribution in [0.15, 0.2) is 65.6 Å². The Morgan fingerprint density at radius 2 is 1.57 bits per heavy atom. The number of carbonyl (C=O) groups is 2. The van der Waals surface area contributed by atoms with E-state index in [2.05, 4.69) is 5.32 Å². The first kappa shape index (κ1) is 34.8. The van der Waals surface area contributed by atoms with Gasteiger partial charge in [0.05, 0.1) is 31.4 Å². The number of sulfonamides is 1. The van der Waals surface area contributed by atoms with E-state index in [0.717, 1.165) is 4.31 Å². The number of nitrogens with one attached hydrogen (secondary N) is 1. The van der Waals surface area contributed by atoms with Crippen molar-refractivity contribution in [3.8, 4) is 17.2 Å². The van der Waals surface area contributed by atoms with Crippen molar-refractivity contribution < 1.29 is 32.2 Å². The molecule has 0 fully saturated rings. The number of nitrogens with zero attached hydrogens (tertiary/aromatic N) is 2. The molecular weight excluding hydrogens is 629 g/mol. The molecule has 238 valence electrons. The summed E-state index contributed by atoms with van der Waals surface area (Å²) in [6, 6.07) is 14.4. The molecular formula is C31H37Cl2N3O7S. The van der Waals surface area contributed by atoms with E-state index < -0.39 is 34.4 Å². The fourth-order valence-electron chi connectivity index (χ4n) is 4.34. The minimum Gasteiger partial charge on any atom is -0.494 e. The van der Waals surface area contributed by atoms with E-state index in [9.17, 15) is 18.0 Å². The van der Waals surface area contributed by atoms with Crippen LogP contribution in [0.2, 0.25) is 10.0 Å². The Morgan fingerprint density at radius 3 is 2.14 bits per heavy atom. The smallest absolute Gasteiger partial charge is 0.264 e. The van der Waals surface area contributed by atoms with E-state index >= 15 is 0 Å². The Morgan fingerprint density at radius 1 is 0.932 bits per heavy atom. The Kier molecular flexibility index (Phi) is 12.6. The van der Waals surface area contributed by atoms with Gasteiger partial charge in [-0.3, -0.25) is 13.9 Å². The first-order valence-electron chi connectivity index (χ1n) is 14.0. The highest BCUT2D eigenvalue weighted by Crippen LogP contribution is 2.33. The van der Waals surface area contributed by atoms with Crippen LogP contribution in [0.5, 0.6) is 17.2 Å². The number of halogens is 2. The lowest BCUT2D eigenvalue weighted by atomic mass is 10.1. The second-order valence-corrected chi connectivity index (χ2v) is 12.3. The van der Waals surface area contributed by atoms with Crippen molar-refractivity contribution in [2.45, 2.75) is 44.7 Å². The van der Waals surface area contributed by atoms with Crippen LogP contribution in [0.4, 0.5) is 5.69 Å². The number of carbonyl (C=O) groups excluding carboxylic acids is 2. The zero-order valence-corrected chi connectivity index (χ0v) is 27.6. The van der Waals surface area contributed by atoms with Crippen LogP contribution in [0, 0.1) is 0 Å². The lowest BCUT2D eigenvalue weighted by Gasteiger charge is -2.32. The molecule has 13 heteroatoms. The number of hydrogen-bond donors (Lipinski definition) is 1. The molecule has 1 unspecified atom stereocenters. The van der Waals surface area contributed by atoms with Gasteiger partial charge in [-0.25, -0.2) is 8.42 Å². The summed E-state index contributed by atoms with van der Waals surface area (Å²) in [5.41, 5.74) is 0.630. The number of ether oxygens (including phenoxy) is 3. The highest BCUT2D eigenvalue weighted by atomic mass is 35.5. The van der Waals surface area contributed by atoms with Crippen molar-refractivity contribution >= 4 is 50.7 Å². The van der Waals surface area contributed by atoms with Gasteiger partial charge in [0.1, 0.15) is 18.3 Å². The molecule has 1 N–H and O–H groups in total. The van der Waals surface area contributed by atoms with Crippen molar-refractivity contribution in [3.05, 3.63) is 76.3 Å². The van der Waals surface area contributed by atoms with E-state index in [-0.39, 0.29) is 22.9 Å². The van der Waals surface area contributed by atoms with Gasteiger partial charge >= 0.3 is 0 Å². The number of hydrogen-bond acceptors (Lipinski definition) is 7. The third kappa shape index (κ3) is 8.28. The monoisotopic (exact) mass is 665 g/mol. The Balaban J connectivity index is 2.11. The van der Waals surface area contributed by atoms with Gasteiger partial charge in [-0.2, -0.15) is 0 Å². The highest BCUT2D eigenvalue weighted by Gasteiger charge is 2.33. The highest BCUT2D eigenvalue weighted by molar-refractivity contribution is 7.92. The lowest BCUT2D eigenvalue weighted by Crippen LogP contribution is -2.51. The molecule has 3 rings (SSSR count). The summed E-state index contributed by atoms with van der Waals surface area (Å²) < 4.78 is 45.5. The molecule has 0 saturated carbocycles. The Hall–Kier alpha value is -3.67. The van der Waals surface area contributed by atoms with Crippen molar-refractivity contribution in [1.29, 1.82) is 0 Å². The van der Waals surface area contributed by atoms with Gasteiger partial charge < -0.3 is 24.4 Å². The third-order valence-corrected chi connectivity index (χ3v) is 9.24. The first-order chi connectivity index (χ1) is 21.0. The molecule has 44 heavy (non-hydrogen) atoms. The molecule has 0 aliphatic rings. The third-order valence-electron chi connectivity index (χ3n) is 6.76. The minimum atomic E-state index is -4.36. The van der Waals surface area contributed by atoms with Gasteiger partial charge in [-0.1, -0.05) is 36.2 Å². The minimum absolute atomic E-state index is 0.133. The van der Waals surface area contributed by atoms with Gasteiger partial charge in [0.25, 0.3) is 10.0 Å². The molecule has 0 saturated heterocycles. The Bertz CT molecular complexity index is 1530. The fraction of sp³-hybridized carbons (Fsp3) is 0.355. The molecule has 0 spiro atoms. The van der Waals surface area contributed by atoms with Crippen LogP contribution in [-0.4, -0.2) is 65.1 Å². The van der Waals surface area contributed by atoms with Crippen LogP contribution in [0.3, 0.4) is 0 Å². The SMILES string of the molecule is CCCNC(=O)C(C)N(Cc1c(Cl)cccc1Cl)C(=O)CN(c1ccc(OCC)cc1)S(=O)(=O)c1ccc(OC)c(OC)c1. The predicted octanol–water partition coefficient (Wildman–Crippen LogP) is 5.55. The fourth-order valence-corrected chi connectivity index (χ4v) is 6.29. The van der Waals surface area contributed by atoms with E-state index in [1.807, 2.05) is 13.8 Å². The van der Waals surface area contributed by atoms with Crippen molar-refractivity contribution in [2.75, 3.05) is 38.2 Å². The first-order valence-corrected chi connectivity index (χ1v) is 16.2. The van der Waals surface area contributed by atoms with Crippen LogP contribution >= 0.6 is 23.2 Å². The average Bonchev–Trinajstić information content (AvgIpc) is 3.02. The summed E-state index contributed by atoms with van der Waals surface area (Å²) in [4.78, 5) is 28.3. The number of benzene rings is 3. The maximum Gasteiger partial charge on any atom is 0.264 e. The molecule has 10 nitrogen and oxygen atoms in total. The summed E-state index contributed by atoms with van der Waals surface area (Å²) in [5, 5.41) is 3.40. The van der Waals surface area contributed by atoms with Crippen molar-refractivity contribution in [2.24, 2.45) is 0 Å². The normalized spacial score (nSPS) is 11.8.